The van der Waals surface area contributed by atoms with E-state index in [9.17, 15) is 14.4 Å². The first-order valence-corrected chi connectivity index (χ1v) is 35.6. The highest BCUT2D eigenvalue weighted by molar-refractivity contribution is 5.71. The van der Waals surface area contributed by atoms with Crippen LogP contribution in [0, 0.1) is 0 Å². The number of hydrogen-bond acceptors (Lipinski definition) is 6. The number of unbranched alkanes of at least 4 members (excludes halogenated alkanes) is 40. The highest BCUT2D eigenvalue weighted by atomic mass is 16.6. The highest BCUT2D eigenvalue weighted by Crippen LogP contribution is 2.18. The molecule has 82 heavy (non-hydrogen) atoms. The molecule has 0 heterocycles. The fourth-order valence-corrected chi connectivity index (χ4v) is 10.4. The molecule has 6 nitrogen and oxygen atoms in total. The van der Waals surface area contributed by atoms with Crippen molar-refractivity contribution in [2.45, 2.75) is 367 Å². The Hall–Kier alpha value is -3.41. The van der Waals surface area contributed by atoms with Crippen molar-refractivity contribution in [2.75, 3.05) is 13.2 Å². The minimum absolute atomic E-state index is 0.0768. The first kappa shape index (κ1) is 78.6. The smallest absolute Gasteiger partial charge is 0.306 e. The van der Waals surface area contributed by atoms with Gasteiger partial charge in [0.05, 0.1) is 0 Å². The summed E-state index contributed by atoms with van der Waals surface area (Å²) in [6.45, 7) is 6.46. The molecule has 0 aromatic carbocycles. The van der Waals surface area contributed by atoms with Gasteiger partial charge >= 0.3 is 17.9 Å². The van der Waals surface area contributed by atoms with E-state index in [1.54, 1.807) is 0 Å². The van der Waals surface area contributed by atoms with Crippen molar-refractivity contribution in [1.29, 1.82) is 0 Å². The Morgan fingerprint density at radius 2 is 0.476 bits per heavy atom. The SMILES string of the molecule is CC/C=C\C/C=C\C/C=C\C/C=C\CCCCCCCCCCCCCCCCCCCCC(=O)OCC(COC(=O)CCCCCCC/C=C\C/C=C\C/C=C\CC)OC(=O)CCCCCCCCCCCCCCCCCCCC. The van der Waals surface area contributed by atoms with Gasteiger partial charge in [0.25, 0.3) is 0 Å². The van der Waals surface area contributed by atoms with Gasteiger partial charge in [-0.15, -0.1) is 0 Å². The third-order valence-corrected chi connectivity index (χ3v) is 15.6. The molecule has 0 radical (unpaired) electrons. The van der Waals surface area contributed by atoms with Crippen LogP contribution >= 0.6 is 0 Å². The summed E-state index contributed by atoms with van der Waals surface area (Å²) in [5.74, 6) is -0.872. The van der Waals surface area contributed by atoms with Crippen LogP contribution < -0.4 is 0 Å². The minimum atomic E-state index is -0.782. The van der Waals surface area contributed by atoms with E-state index < -0.39 is 6.10 Å². The number of carbonyl (C=O) groups excluding carboxylic acids is 3. The van der Waals surface area contributed by atoms with E-state index >= 15 is 0 Å². The number of hydrogen-bond donors (Lipinski definition) is 0. The van der Waals surface area contributed by atoms with Crippen molar-refractivity contribution in [1.82, 2.24) is 0 Å². The van der Waals surface area contributed by atoms with Crippen LogP contribution in [-0.2, 0) is 28.6 Å². The van der Waals surface area contributed by atoms with Gasteiger partial charge < -0.3 is 14.2 Å². The molecule has 0 aliphatic heterocycles. The maximum Gasteiger partial charge on any atom is 0.306 e. The predicted octanol–water partition coefficient (Wildman–Crippen LogP) is 24.6. The van der Waals surface area contributed by atoms with Gasteiger partial charge in [-0.2, -0.15) is 0 Å². The van der Waals surface area contributed by atoms with Gasteiger partial charge in [-0.3, -0.25) is 14.4 Å². The number of ether oxygens (including phenoxy) is 3. The predicted molar refractivity (Wildman–Crippen MR) is 358 cm³/mol. The van der Waals surface area contributed by atoms with Gasteiger partial charge in [-0.25, -0.2) is 0 Å². The van der Waals surface area contributed by atoms with Gasteiger partial charge in [0.15, 0.2) is 6.10 Å². The Morgan fingerprint density at radius 1 is 0.256 bits per heavy atom. The summed E-state index contributed by atoms with van der Waals surface area (Å²) in [6, 6.07) is 0. The van der Waals surface area contributed by atoms with E-state index in [1.165, 1.54) is 199 Å². The molecular formula is C76H134O6. The molecule has 0 aromatic heterocycles. The van der Waals surface area contributed by atoms with E-state index in [2.05, 4.69) is 106 Å². The molecule has 0 aliphatic carbocycles. The second-order valence-corrected chi connectivity index (χ2v) is 23.7. The fraction of sp³-hybridized carbons (Fsp3) is 0.776. The first-order chi connectivity index (χ1) is 40.5. The van der Waals surface area contributed by atoms with E-state index in [1.807, 2.05) is 0 Å². The van der Waals surface area contributed by atoms with Crippen LogP contribution in [-0.4, -0.2) is 37.2 Å². The lowest BCUT2D eigenvalue weighted by Gasteiger charge is -2.18. The summed E-state index contributed by atoms with van der Waals surface area (Å²) < 4.78 is 17.0. The largest absolute Gasteiger partial charge is 0.462 e. The quantitative estimate of drug-likeness (QED) is 0.0261. The summed E-state index contributed by atoms with van der Waals surface area (Å²) in [5, 5.41) is 0. The monoisotopic (exact) mass is 1140 g/mol. The summed E-state index contributed by atoms with van der Waals surface area (Å²) >= 11 is 0. The molecule has 0 N–H and O–H groups in total. The minimum Gasteiger partial charge on any atom is -0.462 e. The van der Waals surface area contributed by atoms with E-state index in [-0.39, 0.29) is 31.1 Å². The summed E-state index contributed by atoms with van der Waals surface area (Å²) in [6.07, 6.45) is 93.3. The molecule has 1 atom stereocenters. The van der Waals surface area contributed by atoms with E-state index in [4.69, 9.17) is 14.2 Å². The molecule has 0 aliphatic rings. The van der Waals surface area contributed by atoms with Crippen LogP contribution in [0.4, 0.5) is 0 Å². The third-order valence-electron chi connectivity index (χ3n) is 15.6. The lowest BCUT2D eigenvalue weighted by atomic mass is 10.0. The highest BCUT2D eigenvalue weighted by Gasteiger charge is 2.19. The molecule has 0 aromatic rings. The van der Waals surface area contributed by atoms with E-state index in [0.29, 0.717) is 19.3 Å². The summed E-state index contributed by atoms with van der Waals surface area (Å²) in [7, 11) is 0. The van der Waals surface area contributed by atoms with Gasteiger partial charge in [-0.1, -0.05) is 337 Å². The zero-order chi connectivity index (χ0) is 59.2. The number of carbonyl (C=O) groups is 3. The summed E-state index contributed by atoms with van der Waals surface area (Å²) in [5.41, 5.74) is 0. The Kier molecular flexibility index (Phi) is 67.2. The van der Waals surface area contributed by atoms with Gasteiger partial charge in [0.1, 0.15) is 13.2 Å². The molecule has 0 amide bonds. The van der Waals surface area contributed by atoms with Gasteiger partial charge in [-0.05, 0) is 89.9 Å². The Morgan fingerprint density at radius 3 is 0.744 bits per heavy atom. The molecule has 1 unspecified atom stereocenters. The summed E-state index contributed by atoms with van der Waals surface area (Å²) in [4.78, 5) is 38.4. The maximum absolute atomic E-state index is 12.9. The first-order valence-electron chi connectivity index (χ1n) is 35.6. The molecular weight excluding hydrogens is 1010 g/mol. The third kappa shape index (κ3) is 67.4. The molecule has 0 fully saturated rings. The molecule has 6 heteroatoms. The van der Waals surface area contributed by atoms with E-state index in [0.717, 1.165) is 122 Å². The fourth-order valence-electron chi connectivity index (χ4n) is 10.4. The van der Waals surface area contributed by atoms with Crippen LogP contribution in [0.15, 0.2) is 85.1 Å². The van der Waals surface area contributed by atoms with Crippen molar-refractivity contribution in [2.24, 2.45) is 0 Å². The number of rotatable bonds is 65. The topological polar surface area (TPSA) is 78.9 Å². The molecule has 0 bridgehead atoms. The normalized spacial score (nSPS) is 12.6. The zero-order valence-electron chi connectivity index (χ0n) is 54.5. The zero-order valence-corrected chi connectivity index (χ0v) is 54.5. The molecule has 0 spiro atoms. The second kappa shape index (κ2) is 70.1. The number of allylic oxidation sites excluding steroid dienone is 14. The molecule has 0 saturated carbocycles. The van der Waals surface area contributed by atoms with Crippen molar-refractivity contribution >= 4 is 17.9 Å². The van der Waals surface area contributed by atoms with Crippen LogP contribution in [0.5, 0.6) is 0 Å². The Balaban J connectivity index is 4.21. The van der Waals surface area contributed by atoms with Crippen LogP contribution in [0.2, 0.25) is 0 Å². The van der Waals surface area contributed by atoms with Gasteiger partial charge in [0.2, 0.25) is 0 Å². The molecule has 474 valence electrons. The second-order valence-electron chi connectivity index (χ2n) is 23.7. The average molecular weight is 1140 g/mol. The van der Waals surface area contributed by atoms with Crippen molar-refractivity contribution in [3.05, 3.63) is 85.1 Å². The average Bonchev–Trinajstić information content (AvgIpc) is 3.47. The van der Waals surface area contributed by atoms with Crippen molar-refractivity contribution in [3.8, 4) is 0 Å². The number of esters is 3. The van der Waals surface area contributed by atoms with Crippen LogP contribution in [0.3, 0.4) is 0 Å². The van der Waals surface area contributed by atoms with Crippen LogP contribution in [0.1, 0.15) is 361 Å². The Bertz CT molecular complexity index is 1550. The Labute approximate surface area is 509 Å². The van der Waals surface area contributed by atoms with Crippen molar-refractivity contribution < 1.29 is 28.6 Å². The lowest BCUT2D eigenvalue weighted by molar-refractivity contribution is -0.167. The van der Waals surface area contributed by atoms with Crippen LogP contribution in [0.25, 0.3) is 0 Å². The van der Waals surface area contributed by atoms with Crippen molar-refractivity contribution in [3.63, 3.8) is 0 Å². The van der Waals surface area contributed by atoms with Gasteiger partial charge in [0, 0.05) is 19.3 Å². The standard InChI is InChI=1S/C76H134O6/c1-4-7-10-13-16-19-22-25-28-30-32-33-34-35-36-37-38-39-40-41-42-43-44-46-48-51-54-57-60-63-66-69-75(78)81-72-73(71-80-74(77)68-65-62-59-56-53-50-47-27-24-21-18-15-12-9-6-3)82-76(79)70-67-64-61-58-55-52-49-45-31-29-26-23-20-17-14-11-8-5-2/h7,9-10,12,16,18-19,21,25,27-28,32-33,47,73H,4-6,8,11,13-15,17,20,22-24,26,29-31,34-46,48-72H2,1-3H3/b10-7-,12-9-,19-16-,21-18-,28-25-,33-32-,47-27-. The molecule has 0 saturated heterocycles. The maximum atomic E-state index is 12.9. The lowest BCUT2D eigenvalue weighted by Crippen LogP contribution is -2.30. The molecule has 0 rings (SSSR count).